The van der Waals surface area contributed by atoms with Gasteiger partial charge in [0.2, 0.25) is 0 Å². The molecule has 0 radical (unpaired) electrons. The van der Waals surface area contributed by atoms with E-state index >= 15 is 0 Å². The largest absolute Gasteiger partial charge is 0.327 e. The van der Waals surface area contributed by atoms with Gasteiger partial charge in [-0.25, -0.2) is 0 Å². The molecule has 11 heavy (non-hydrogen) atoms. The lowest BCUT2D eigenvalue weighted by atomic mass is 10.2. The first-order chi connectivity index (χ1) is 5.38. The zero-order valence-electron chi connectivity index (χ0n) is 5.91. The summed E-state index contributed by atoms with van der Waals surface area (Å²) in [6.07, 6.45) is 5.12. The number of H-pyrrole nitrogens is 1. The van der Waals surface area contributed by atoms with Gasteiger partial charge in [0.15, 0.2) is 0 Å². The molecule has 1 aromatic rings. The van der Waals surface area contributed by atoms with Gasteiger partial charge in [-0.2, -0.15) is 10.4 Å². The first kappa shape index (κ1) is 7.51. The van der Waals surface area contributed by atoms with Crippen molar-refractivity contribution in [2.75, 3.05) is 6.54 Å². The van der Waals surface area contributed by atoms with E-state index in [9.17, 15) is 0 Å². The Morgan fingerprint density at radius 1 is 1.82 bits per heavy atom. The Morgan fingerprint density at radius 3 is 3.27 bits per heavy atom. The van der Waals surface area contributed by atoms with Crippen molar-refractivity contribution in [1.82, 2.24) is 10.2 Å². The fraction of sp³-hybridized carbons (Fsp3) is 0.143. The SMILES string of the molecule is N#Cc1[nH]ncc1C=CCN. The van der Waals surface area contributed by atoms with Gasteiger partial charge in [0.05, 0.1) is 6.20 Å². The van der Waals surface area contributed by atoms with E-state index < -0.39 is 0 Å². The van der Waals surface area contributed by atoms with Gasteiger partial charge in [-0.3, -0.25) is 5.10 Å². The maximum absolute atomic E-state index is 8.52. The second kappa shape index (κ2) is 3.54. The molecular weight excluding hydrogens is 140 g/mol. The third-order valence-corrected chi connectivity index (χ3v) is 1.21. The standard InChI is InChI=1S/C7H8N4/c8-3-1-2-6-5-10-11-7(6)4-9/h1-2,5H,3,8H2,(H,10,11). The van der Waals surface area contributed by atoms with E-state index in [-0.39, 0.29) is 0 Å². The zero-order valence-corrected chi connectivity index (χ0v) is 5.91. The van der Waals surface area contributed by atoms with E-state index in [0.29, 0.717) is 12.2 Å². The fourth-order valence-corrected chi connectivity index (χ4v) is 0.706. The van der Waals surface area contributed by atoms with Crippen LogP contribution < -0.4 is 5.73 Å². The second-order valence-electron chi connectivity index (χ2n) is 1.95. The smallest absolute Gasteiger partial charge is 0.142 e. The van der Waals surface area contributed by atoms with Crippen LogP contribution in [0.25, 0.3) is 6.08 Å². The van der Waals surface area contributed by atoms with Crippen LogP contribution in [-0.2, 0) is 0 Å². The number of rotatable bonds is 2. The summed E-state index contributed by atoms with van der Waals surface area (Å²) in [6, 6.07) is 1.97. The van der Waals surface area contributed by atoms with Crippen LogP contribution in [-0.4, -0.2) is 16.7 Å². The minimum Gasteiger partial charge on any atom is -0.327 e. The van der Waals surface area contributed by atoms with Crippen molar-refractivity contribution < 1.29 is 0 Å². The molecule has 0 aliphatic carbocycles. The normalized spacial score (nSPS) is 10.2. The third-order valence-electron chi connectivity index (χ3n) is 1.21. The second-order valence-corrected chi connectivity index (χ2v) is 1.95. The van der Waals surface area contributed by atoms with E-state index in [0.717, 1.165) is 5.56 Å². The predicted octanol–water partition coefficient (Wildman–Crippen LogP) is 0.253. The molecule has 3 N–H and O–H groups in total. The van der Waals surface area contributed by atoms with Crippen molar-refractivity contribution in [3.8, 4) is 6.07 Å². The summed E-state index contributed by atoms with van der Waals surface area (Å²) in [4.78, 5) is 0. The lowest BCUT2D eigenvalue weighted by Crippen LogP contribution is -1.91. The van der Waals surface area contributed by atoms with Crippen LogP contribution in [0, 0.1) is 11.3 Å². The summed E-state index contributed by atoms with van der Waals surface area (Å²) in [6.45, 7) is 0.468. The first-order valence-electron chi connectivity index (χ1n) is 3.18. The van der Waals surface area contributed by atoms with Crippen LogP contribution >= 0.6 is 0 Å². The summed E-state index contributed by atoms with van der Waals surface area (Å²) < 4.78 is 0. The topological polar surface area (TPSA) is 78.5 Å². The summed E-state index contributed by atoms with van der Waals surface area (Å²) in [5.74, 6) is 0. The number of aromatic nitrogens is 2. The molecule has 0 spiro atoms. The van der Waals surface area contributed by atoms with Crippen LogP contribution in [0.4, 0.5) is 0 Å². The van der Waals surface area contributed by atoms with Gasteiger partial charge < -0.3 is 5.73 Å². The minimum atomic E-state index is 0.467. The van der Waals surface area contributed by atoms with E-state index in [1.807, 2.05) is 6.07 Å². The quantitative estimate of drug-likeness (QED) is 0.631. The summed E-state index contributed by atoms with van der Waals surface area (Å²) >= 11 is 0. The van der Waals surface area contributed by atoms with Gasteiger partial charge >= 0.3 is 0 Å². The van der Waals surface area contributed by atoms with Gasteiger partial charge in [0.25, 0.3) is 0 Å². The Morgan fingerprint density at radius 2 is 2.64 bits per heavy atom. The van der Waals surface area contributed by atoms with Crippen LogP contribution in [0.2, 0.25) is 0 Å². The van der Waals surface area contributed by atoms with Crippen molar-refractivity contribution >= 4 is 6.08 Å². The molecule has 4 nitrogen and oxygen atoms in total. The van der Waals surface area contributed by atoms with E-state index in [1.165, 1.54) is 0 Å². The van der Waals surface area contributed by atoms with Crippen molar-refractivity contribution in [2.45, 2.75) is 0 Å². The summed E-state index contributed by atoms with van der Waals surface area (Å²) in [7, 11) is 0. The Labute approximate surface area is 64.3 Å². The number of aromatic amines is 1. The van der Waals surface area contributed by atoms with Crippen molar-refractivity contribution in [1.29, 1.82) is 5.26 Å². The molecule has 0 fully saturated rings. The molecule has 0 atom stereocenters. The number of hydrogen-bond acceptors (Lipinski definition) is 3. The molecule has 1 rings (SSSR count). The molecule has 56 valence electrons. The molecule has 0 aromatic carbocycles. The number of hydrogen-bond donors (Lipinski definition) is 2. The van der Waals surface area contributed by atoms with Gasteiger partial charge in [0, 0.05) is 12.1 Å². The average molecular weight is 148 g/mol. The Kier molecular flexibility index (Phi) is 2.42. The maximum atomic E-state index is 8.52. The number of nitrogens with one attached hydrogen (secondary N) is 1. The van der Waals surface area contributed by atoms with E-state index in [4.69, 9.17) is 11.0 Å². The molecule has 0 unspecified atom stereocenters. The Bertz CT molecular complexity index is 292. The third kappa shape index (κ3) is 1.66. The van der Waals surface area contributed by atoms with Crippen LogP contribution in [0.1, 0.15) is 11.3 Å². The number of nitrogens with zero attached hydrogens (tertiary/aromatic N) is 2. The molecule has 0 amide bonds. The minimum absolute atomic E-state index is 0.467. The fourth-order valence-electron chi connectivity index (χ4n) is 0.706. The highest BCUT2D eigenvalue weighted by molar-refractivity contribution is 5.54. The van der Waals surface area contributed by atoms with E-state index in [2.05, 4.69) is 10.2 Å². The van der Waals surface area contributed by atoms with Gasteiger partial charge in [-0.1, -0.05) is 12.2 Å². The molecule has 4 heteroatoms. The monoisotopic (exact) mass is 148 g/mol. The summed E-state index contributed by atoms with van der Waals surface area (Å²) in [5, 5.41) is 14.8. The van der Waals surface area contributed by atoms with Crippen molar-refractivity contribution in [3.63, 3.8) is 0 Å². The van der Waals surface area contributed by atoms with Crippen LogP contribution in [0.15, 0.2) is 12.3 Å². The predicted molar refractivity (Wildman–Crippen MR) is 41.4 cm³/mol. The average Bonchev–Trinajstić information content (AvgIpc) is 2.47. The zero-order chi connectivity index (χ0) is 8.10. The lowest BCUT2D eigenvalue weighted by molar-refractivity contribution is 1.07. The molecule has 0 aliphatic heterocycles. The van der Waals surface area contributed by atoms with Gasteiger partial charge in [-0.15, -0.1) is 0 Å². The molecule has 0 saturated heterocycles. The van der Waals surface area contributed by atoms with Crippen LogP contribution in [0.3, 0.4) is 0 Å². The molecule has 1 heterocycles. The van der Waals surface area contributed by atoms with Crippen molar-refractivity contribution in [3.05, 3.63) is 23.5 Å². The molecular formula is C7H8N4. The molecule has 0 bridgehead atoms. The molecule has 1 aromatic heterocycles. The molecule has 0 saturated carbocycles. The van der Waals surface area contributed by atoms with Crippen molar-refractivity contribution in [2.24, 2.45) is 5.73 Å². The highest BCUT2D eigenvalue weighted by atomic mass is 15.1. The highest BCUT2D eigenvalue weighted by Crippen LogP contribution is 2.03. The highest BCUT2D eigenvalue weighted by Gasteiger charge is 1.97. The number of nitrogens with two attached hydrogens (primary N) is 1. The van der Waals surface area contributed by atoms with Crippen LogP contribution in [0.5, 0.6) is 0 Å². The van der Waals surface area contributed by atoms with Gasteiger partial charge in [0.1, 0.15) is 11.8 Å². The maximum Gasteiger partial charge on any atom is 0.142 e. The number of nitriles is 1. The van der Waals surface area contributed by atoms with Gasteiger partial charge in [-0.05, 0) is 0 Å². The first-order valence-corrected chi connectivity index (χ1v) is 3.18. The van der Waals surface area contributed by atoms with E-state index in [1.54, 1.807) is 18.3 Å². The Balaban J connectivity index is 2.87. The molecule has 0 aliphatic rings. The lowest BCUT2D eigenvalue weighted by Gasteiger charge is -1.83. The Hall–Kier alpha value is -1.60. The summed E-state index contributed by atoms with van der Waals surface area (Å²) in [5.41, 5.74) is 6.48.